The maximum atomic E-state index is 12.2. The van der Waals surface area contributed by atoms with Gasteiger partial charge in [0.05, 0.1) is 10.8 Å². The van der Waals surface area contributed by atoms with Crippen LogP contribution in [0.15, 0.2) is 29.2 Å². The number of nitrogens with zero attached hydrogens (tertiary/aromatic N) is 1. The van der Waals surface area contributed by atoms with Gasteiger partial charge in [0.2, 0.25) is 0 Å². The van der Waals surface area contributed by atoms with Crippen molar-refractivity contribution in [2.75, 3.05) is 17.9 Å². The molecule has 20 heavy (non-hydrogen) atoms. The molecule has 0 spiro atoms. The zero-order valence-electron chi connectivity index (χ0n) is 10.6. The van der Waals surface area contributed by atoms with Crippen molar-refractivity contribution in [2.45, 2.75) is 10.9 Å². The van der Waals surface area contributed by atoms with Gasteiger partial charge in [0.1, 0.15) is 6.04 Å². The zero-order valence-corrected chi connectivity index (χ0v) is 12.3. The monoisotopic (exact) mass is 315 g/mol. The lowest BCUT2D eigenvalue weighted by molar-refractivity contribution is -0.140. The Balaban J connectivity index is 2.24. The summed E-state index contributed by atoms with van der Waals surface area (Å²) in [6, 6.07) is 4.67. The quantitative estimate of drug-likeness (QED) is 0.882. The molecule has 1 aliphatic rings. The largest absolute Gasteiger partial charge is 0.480 e. The van der Waals surface area contributed by atoms with E-state index in [4.69, 9.17) is 5.11 Å². The second-order valence-electron chi connectivity index (χ2n) is 4.43. The van der Waals surface area contributed by atoms with Crippen LogP contribution >= 0.6 is 11.8 Å². The number of benzene rings is 1. The van der Waals surface area contributed by atoms with E-state index in [0.29, 0.717) is 11.6 Å². The first-order valence-corrected chi connectivity index (χ1v) is 8.77. The topological polar surface area (TPSA) is 91.8 Å². The van der Waals surface area contributed by atoms with E-state index < -0.39 is 27.8 Å². The first-order chi connectivity index (χ1) is 9.30. The van der Waals surface area contributed by atoms with Crippen LogP contribution < -0.4 is 0 Å². The van der Waals surface area contributed by atoms with Crippen LogP contribution in [0.3, 0.4) is 0 Å². The molecule has 0 radical (unpaired) electrons. The minimum Gasteiger partial charge on any atom is -0.480 e. The molecule has 1 aromatic rings. The molecular formula is C12H13NO5S2. The minimum atomic E-state index is -3.31. The van der Waals surface area contributed by atoms with Crippen LogP contribution in [-0.2, 0) is 14.6 Å². The average molecular weight is 315 g/mol. The number of hydrogen-bond donors (Lipinski definition) is 1. The van der Waals surface area contributed by atoms with Gasteiger partial charge in [-0.1, -0.05) is 0 Å². The fraction of sp³-hybridized carbons (Fsp3) is 0.333. The van der Waals surface area contributed by atoms with Crippen LogP contribution in [0.4, 0.5) is 0 Å². The molecule has 0 unspecified atom stereocenters. The van der Waals surface area contributed by atoms with Gasteiger partial charge in [0, 0.05) is 17.6 Å². The summed E-state index contributed by atoms with van der Waals surface area (Å²) in [7, 11) is -3.31. The van der Waals surface area contributed by atoms with Gasteiger partial charge in [-0.15, -0.1) is 11.8 Å². The van der Waals surface area contributed by atoms with Crippen LogP contribution in [0.5, 0.6) is 0 Å². The lowest BCUT2D eigenvalue weighted by Crippen LogP contribution is -2.41. The summed E-state index contributed by atoms with van der Waals surface area (Å²) in [6.45, 7) is 0. The van der Waals surface area contributed by atoms with E-state index in [2.05, 4.69) is 0 Å². The molecule has 2 rings (SSSR count). The molecule has 1 atom stereocenters. The summed E-state index contributed by atoms with van der Waals surface area (Å²) in [5, 5.41) is 9.04. The number of carboxylic acids is 1. The Hall–Kier alpha value is -1.54. The first-order valence-electron chi connectivity index (χ1n) is 5.72. The number of carbonyl (C=O) groups excluding carboxylic acids is 1. The van der Waals surface area contributed by atoms with Gasteiger partial charge in [-0.3, -0.25) is 4.79 Å². The number of rotatable bonds is 3. The standard InChI is InChI=1S/C12H13NO5S2/c1-20(17,18)9-4-2-8(3-5-9)11(14)13-7-19-6-10(13)12(15)16/h2-5,10H,6-7H2,1H3,(H,15,16)/t10-/m0/s1. The Kier molecular flexibility index (Phi) is 4.05. The minimum absolute atomic E-state index is 0.125. The zero-order chi connectivity index (χ0) is 14.9. The van der Waals surface area contributed by atoms with E-state index in [0.717, 1.165) is 6.26 Å². The van der Waals surface area contributed by atoms with E-state index in [-0.39, 0.29) is 10.5 Å². The highest BCUT2D eigenvalue weighted by molar-refractivity contribution is 7.99. The number of carbonyl (C=O) groups is 2. The van der Waals surface area contributed by atoms with E-state index in [1.807, 2.05) is 0 Å². The van der Waals surface area contributed by atoms with Crippen molar-refractivity contribution in [2.24, 2.45) is 0 Å². The van der Waals surface area contributed by atoms with Crippen molar-refractivity contribution in [1.82, 2.24) is 4.90 Å². The highest BCUT2D eigenvalue weighted by atomic mass is 32.2. The Morgan fingerprint density at radius 2 is 1.90 bits per heavy atom. The van der Waals surface area contributed by atoms with E-state index in [1.165, 1.54) is 40.9 Å². The molecular weight excluding hydrogens is 302 g/mol. The number of aliphatic carboxylic acids is 1. The lowest BCUT2D eigenvalue weighted by atomic mass is 10.2. The Morgan fingerprint density at radius 3 is 2.40 bits per heavy atom. The molecule has 1 aromatic carbocycles. The molecule has 6 nitrogen and oxygen atoms in total. The highest BCUT2D eigenvalue weighted by Crippen LogP contribution is 2.23. The van der Waals surface area contributed by atoms with Gasteiger partial charge < -0.3 is 10.0 Å². The van der Waals surface area contributed by atoms with Gasteiger partial charge in [0.15, 0.2) is 9.84 Å². The molecule has 0 saturated carbocycles. The van der Waals surface area contributed by atoms with Crippen molar-refractivity contribution in [3.05, 3.63) is 29.8 Å². The number of thioether (sulfide) groups is 1. The van der Waals surface area contributed by atoms with Crippen molar-refractivity contribution in [1.29, 1.82) is 0 Å². The number of carboxylic acid groups (broad SMARTS) is 1. The summed E-state index contributed by atoms with van der Waals surface area (Å²) in [6.07, 6.45) is 1.08. The van der Waals surface area contributed by atoms with E-state index >= 15 is 0 Å². The van der Waals surface area contributed by atoms with Crippen LogP contribution in [0.25, 0.3) is 0 Å². The molecule has 1 fully saturated rings. The number of sulfone groups is 1. The van der Waals surface area contributed by atoms with Crippen LogP contribution in [0.2, 0.25) is 0 Å². The summed E-state index contributed by atoms with van der Waals surface area (Å²) >= 11 is 1.38. The molecule has 1 N–H and O–H groups in total. The van der Waals surface area contributed by atoms with Gasteiger partial charge in [-0.25, -0.2) is 13.2 Å². The lowest BCUT2D eigenvalue weighted by Gasteiger charge is -2.20. The van der Waals surface area contributed by atoms with Crippen molar-refractivity contribution in [3.63, 3.8) is 0 Å². The van der Waals surface area contributed by atoms with Gasteiger partial charge in [-0.05, 0) is 24.3 Å². The van der Waals surface area contributed by atoms with Crippen LogP contribution in [-0.4, -0.2) is 54.2 Å². The molecule has 1 heterocycles. The summed E-state index contributed by atoms with van der Waals surface area (Å²) in [5.74, 6) is -0.745. The van der Waals surface area contributed by atoms with Crippen molar-refractivity contribution in [3.8, 4) is 0 Å². The molecule has 1 amide bonds. The van der Waals surface area contributed by atoms with Crippen LogP contribution in [0.1, 0.15) is 10.4 Å². The normalized spacial score (nSPS) is 19.1. The number of amides is 1. The predicted molar refractivity (Wildman–Crippen MR) is 74.5 cm³/mol. The third-order valence-corrected chi connectivity index (χ3v) is 5.10. The van der Waals surface area contributed by atoms with Crippen molar-refractivity contribution < 1.29 is 23.1 Å². The number of hydrogen-bond acceptors (Lipinski definition) is 5. The molecule has 0 aromatic heterocycles. The summed E-state index contributed by atoms with van der Waals surface area (Å²) in [4.78, 5) is 24.7. The Morgan fingerprint density at radius 1 is 1.30 bits per heavy atom. The molecule has 8 heteroatoms. The second-order valence-corrected chi connectivity index (χ2v) is 7.44. The SMILES string of the molecule is CS(=O)(=O)c1ccc(C(=O)N2CSC[C@H]2C(=O)O)cc1. The van der Waals surface area contributed by atoms with E-state index in [9.17, 15) is 18.0 Å². The van der Waals surface area contributed by atoms with Gasteiger partial charge in [0.25, 0.3) is 5.91 Å². The molecule has 108 valence electrons. The fourth-order valence-electron chi connectivity index (χ4n) is 1.86. The first kappa shape index (κ1) is 14.9. The summed E-state index contributed by atoms with van der Waals surface area (Å²) < 4.78 is 22.7. The third kappa shape index (κ3) is 2.96. The summed E-state index contributed by atoms with van der Waals surface area (Å²) in [5.41, 5.74) is 0.283. The second kappa shape index (κ2) is 5.45. The highest BCUT2D eigenvalue weighted by Gasteiger charge is 2.34. The molecule has 0 bridgehead atoms. The van der Waals surface area contributed by atoms with Crippen LogP contribution in [0, 0.1) is 0 Å². The van der Waals surface area contributed by atoms with E-state index in [1.54, 1.807) is 0 Å². The maximum absolute atomic E-state index is 12.2. The molecule has 1 saturated heterocycles. The molecule has 1 aliphatic heterocycles. The molecule has 0 aliphatic carbocycles. The average Bonchev–Trinajstić information content (AvgIpc) is 2.86. The van der Waals surface area contributed by atoms with Gasteiger partial charge >= 0.3 is 5.97 Å². The van der Waals surface area contributed by atoms with Crippen molar-refractivity contribution >= 4 is 33.5 Å². The fourth-order valence-corrected chi connectivity index (χ4v) is 3.63. The smallest absolute Gasteiger partial charge is 0.327 e. The van der Waals surface area contributed by atoms with Gasteiger partial charge in [-0.2, -0.15) is 0 Å². The third-order valence-electron chi connectivity index (χ3n) is 2.96. The Labute approximate surface area is 120 Å². The predicted octanol–water partition coefficient (Wildman–Crippen LogP) is 0.690. The Bertz CT molecular complexity index is 638. The maximum Gasteiger partial charge on any atom is 0.327 e.